The van der Waals surface area contributed by atoms with Crippen LogP contribution in [0.4, 0.5) is 5.69 Å². The lowest BCUT2D eigenvalue weighted by Gasteiger charge is -2.11. The van der Waals surface area contributed by atoms with E-state index >= 15 is 0 Å². The Kier molecular flexibility index (Phi) is 2.53. The summed E-state index contributed by atoms with van der Waals surface area (Å²) in [5.74, 6) is 0. The Hall–Kier alpha value is -0.980. The molecular weight excluding hydrogens is 158 g/mol. The molecule has 0 radical (unpaired) electrons. The third-order valence-electron chi connectivity index (χ3n) is 2.82. The second-order valence-electron chi connectivity index (χ2n) is 3.68. The van der Waals surface area contributed by atoms with E-state index in [0.717, 1.165) is 13.0 Å². The molecule has 1 aliphatic rings. The van der Waals surface area contributed by atoms with Crippen molar-refractivity contribution in [2.45, 2.75) is 32.6 Å². The third-order valence-corrected chi connectivity index (χ3v) is 2.82. The fraction of sp³-hybridized carbons (Fsp3) is 0.500. The highest BCUT2D eigenvalue weighted by Crippen LogP contribution is 2.24. The Balaban J connectivity index is 2.40. The van der Waals surface area contributed by atoms with E-state index in [1.165, 1.54) is 30.5 Å². The number of anilines is 1. The van der Waals surface area contributed by atoms with Gasteiger partial charge in [-0.25, -0.2) is 0 Å². The zero-order valence-corrected chi connectivity index (χ0v) is 8.27. The summed E-state index contributed by atoms with van der Waals surface area (Å²) in [6.45, 7) is 3.38. The molecule has 0 amide bonds. The summed E-state index contributed by atoms with van der Waals surface area (Å²) in [6.07, 6.45) is 5.05. The monoisotopic (exact) mass is 175 g/mol. The largest absolute Gasteiger partial charge is 0.385 e. The molecule has 1 aromatic carbocycles. The van der Waals surface area contributed by atoms with E-state index in [4.69, 9.17) is 0 Å². The Morgan fingerprint density at radius 1 is 1.31 bits per heavy atom. The molecule has 13 heavy (non-hydrogen) atoms. The normalized spacial score (nSPS) is 15.8. The predicted octanol–water partition coefficient (Wildman–Crippen LogP) is 3.00. The molecule has 70 valence electrons. The highest BCUT2D eigenvalue weighted by atomic mass is 14.9. The Morgan fingerprint density at radius 2 is 2.23 bits per heavy atom. The van der Waals surface area contributed by atoms with Gasteiger partial charge in [-0.2, -0.15) is 0 Å². The van der Waals surface area contributed by atoms with Crippen molar-refractivity contribution in [3.8, 4) is 0 Å². The summed E-state index contributed by atoms with van der Waals surface area (Å²) >= 11 is 0. The SMILES string of the molecule is CCc1cccc2c1CCCCN2. The van der Waals surface area contributed by atoms with E-state index in [0.29, 0.717) is 0 Å². The predicted molar refractivity (Wildman–Crippen MR) is 57.2 cm³/mol. The lowest BCUT2D eigenvalue weighted by molar-refractivity contribution is 0.781. The number of nitrogens with one attached hydrogen (secondary N) is 1. The molecule has 0 saturated heterocycles. The van der Waals surface area contributed by atoms with Crippen LogP contribution in [0.15, 0.2) is 18.2 Å². The van der Waals surface area contributed by atoms with Crippen LogP contribution in [0.25, 0.3) is 0 Å². The average Bonchev–Trinajstić information content (AvgIpc) is 2.41. The molecular formula is C12H17N. The van der Waals surface area contributed by atoms with Gasteiger partial charge in [0.15, 0.2) is 0 Å². The molecule has 0 fully saturated rings. The van der Waals surface area contributed by atoms with Crippen molar-refractivity contribution in [1.29, 1.82) is 0 Å². The molecule has 0 aliphatic carbocycles. The van der Waals surface area contributed by atoms with Gasteiger partial charge in [0.1, 0.15) is 0 Å². The van der Waals surface area contributed by atoms with E-state index in [1.54, 1.807) is 5.56 Å². The molecule has 1 heteroatoms. The fourth-order valence-electron chi connectivity index (χ4n) is 2.08. The van der Waals surface area contributed by atoms with Crippen molar-refractivity contribution >= 4 is 5.69 Å². The van der Waals surface area contributed by atoms with Crippen molar-refractivity contribution in [2.24, 2.45) is 0 Å². The van der Waals surface area contributed by atoms with Crippen LogP contribution in [0.5, 0.6) is 0 Å². The van der Waals surface area contributed by atoms with Crippen LogP contribution >= 0.6 is 0 Å². The minimum Gasteiger partial charge on any atom is -0.385 e. The van der Waals surface area contributed by atoms with Gasteiger partial charge in [0.2, 0.25) is 0 Å². The molecule has 0 atom stereocenters. The molecule has 0 aromatic heterocycles. The average molecular weight is 175 g/mol. The van der Waals surface area contributed by atoms with Gasteiger partial charge in [-0.05, 0) is 42.9 Å². The molecule has 0 unspecified atom stereocenters. The van der Waals surface area contributed by atoms with Crippen LogP contribution in [0.2, 0.25) is 0 Å². The number of aryl methyl sites for hydroxylation is 1. The zero-order chi connectivity index (χ0) is 9.10. The van der Waals surface area contributed by atoms with Crippen LogP contribution in [0.1, 0.15) is 30.9 Å². The van der Waals surface area contributed by atoms with Gasteiger partial charge < -0.3 is 5.32 Å². The number of hydrogen-bond donors (Lipinski definition) is 1. The van der Waals surface area contributed by atoms with Crippen molar-refractivity contribution in [3.63, 3.8) is 0 Å². The molecule has 1 N–H and O–H groups in total. The second kappa shape index (κ2) is 3.82. The molecule has 0 bridgehead atoms. The first-order valence-electron chi connectivity index (χ1n) is 5.26. The second-order valence-corrected chi connectivity index (χ2v) is 3.68. The quantitative estimate of drug-likeness (QED) is 0.692. The van der Waals surface area contributed by atoms with Crippen LogP contribution in [-0.2, 0) is 12.8 Å². The van der Waals surface area contributed by atoms with Crippen LogP contribution in [0.3, 0.4) is 0 Å². The summed E-state index contributed by atoms with van der Waals surface area (Å²) in [4.78, 5) is 0. The van der Waals surface area contributed by atoms with Crippen molar-refractivity contribution in [1.82, 2.24) is 0 Å². The van der Waals surface area contributed by atoms with Crippen LogP contribution < -0.4 is 5.32 Å². The van der Waals surface area contributed by atoms with E-state index in [2.05, 4.69) is 30.4 Å². The summed E-state index contributed by atoms with van der Waals surface area (Å²) in [5, 5.41) is 3.50. The van der Waals surface area contributed by atoms with Gasteiger partial charge in [0.05, 0.1) is 0 Å². The van der Waals surface area contributed by atoms with Crippen molar-refractivity contribution in [2.75, 3.05) is 11.9 Å². The van der Waals surface area contributed by atoms with Crippen molar-refractivity contribution in [3.05, 3.63) is 29.3 Å². The van der Waals surface area contributed by atoms with Crippen molar-refractivity contribution < 1.29 is 0 Å². The molecule has 1 heterocycles. The standard InChI is InChI=1S/C12H17N/c1-2-10-6-5-8-12-11(10)7-3-4-9-13-12/h5-6,8,13H,2-4,7,9H2,1H3. The Morgan fingerprint density at radius 3 is 3.08 bits per heavy atom. The maximum absolute atomic E-state index is 3.50. The van der Waals surface area contributed by atoms with Gasteiger partial charge in [0.25, 0.3) is 0 Å². The molecule has 1 aromatic rings. The summed E-state index contributed by atoms with van der Waals surface area (Å²) in [5.41, 5.74) is 4.45. The molecule has 1 nitrogen and oxygen atoms in total. The topological polar surface area (TPSA) is 12.0 Å². The number of hydrogen-bond acceptors (Lipinski definition) is 1. The van der Waals surface area contributed by atoms with Gasteiger partial charge >= 0.3 is 0 Å². The minimum absolute atomic E-state index is 1.14. The first-order chi connectivity index (χ1) is 6.42. The molecule has 0 saturated carbocycles. The zero-order valence-electron chi connectivity index (χ0n) is 8.27. The van der Waals surface area contributed by atoms with Crippen LogP contribution in [0, 0.1) is 0 Å². The number of benzene rings is 1. The maximum Gasteiger partial charge on any atom is 0.0375 e. The molecule has 1 aliphatic heterocycles. The van der Waals surface area contributed by atoms with Gasteiger partial charge in [-0.1, -0.05) is 19.1 Å². The summed E-state index contributed by atoms with van der Waals surface area (Å²) < 4.78 is 0. The first-order valence-corrected chi connectivity index (χ1v) is 5.26. The number of rotatable bonds is 1. The van der Waals surface area contributed by atoms with Gasteiger partial charge in [-0.15, -0.1) is 0 Å². The Bertz CT molecular complexity index is 291. The lowest BCUT2D eigenvalue weighted by Crippen LogP contribution is -2.00. The molecule has 0 spiro atoms. The molecule has 2 rings (SSSR count). The number of fused-ring (bicyclic) bond motifs is 1. The minimum atomic E-state index is 1.14. The van der Waals surface area contributed by atoms with Gasteiger partial charge in [-0.3, -0.25) is 0 Å². The maximum atomic E-state index is 3.50. The van der Waals surface area contributed by atoms with Crippen LogP contribution in [-0.4, -0.2) is 6.54 Å². The first kappa shape index (κ1) is 8.61. The van der Waals surface area contributed by atoms with E-state index in [1.807, 2.05) is 0 Å². The smallest absolute Gasteiger partial charge is 0.0375 e. The summed E-state index contributed by atoms with van der Waals surface area (Å²) in [7, 11) is 0. The van der Waals surface area contributed by atoms with E-state index in [9.17, 15) is 0 Å². The lowest BCUT2D eigenvalue weighted by atomic mass is 9.99. The van der Waals surface area contributed by atoms with E-state index in [-0.39, 0.29) is 0 Å². The fourth-order valence-corrected chi connectivity index (χ4v) is 2.08. The Labute approximate surface area is 80.2 Å². The third kappa shape index (κ3) is 1.69. The van der Waals surface area contributed by atoms with E-state index < -0.39 is 0 Å². The summed E-state index contributed by atoms with van der Waals surface area (Å²) in [6, 6.07) is 6.63. The van der Waals surface area contributed by atoms with Gasteiger partial charge in [0, 0.05) is 12.2 Å². The highest BCUT2D eigenvalue weighted by Gasteiger charge is 2.09. The highest BCUT2D eigenvalue weighted by molar-refractivity contribution is 5.55.